The van der Waals surface area contributed by atoms with Crippen LogP contribution >= 0.6 is 38.6 Å². The minimum atomic E-state index is 0.908. The van der Waals surface area contributed by atoms with Crippen molar-refractivity contribution in [2.75, 3.05) is 19.0 Å². The van der Waals surface area contributed by atoms with Gasteiger partial charge in [0.05, 0.1) is 12.2 Å². The SMILES string of the molecule is CCCc1nc(N(C)Cc2cc(Br)cs2)sc1CNC. The molecule has 0 aromatic carbocycles. The fourth-order valence-corrected chi connectivity index (χ4v) is 4.58. The minimum absolute atomic E-state index is 0.908. The van der Waals surface area contributed by atoms with Crippen LogP contribution in [0.4, 0.5) is 5.13 Å². The van der Waals surface area contributed by atoms with Crippen LogP contribution < -0.4 is 10.2 Å². The van der Waals surface area contributed by atoms with Crippen molar-refractivity contribution in [3.8, 4) is 0 Å². The molecule has 0 unspecified atom stereocenters. The van der Waals surface area contributed by atoms with E-state index in [1.165, 1.54) is 15.4 Å². The number of nitrogens with zero attached hydrogens (tertiary/aromatic N) is 2. The fourth-order valence-electron chi connectivity index (χ4n) is 2.00. The lowest BCUT2D eigenvalue weighted by molar-refractivity contribution is 0.796. The van der Waals surface area contributed by atoms with Gasteiger partial charge in [-0.15, -0.1) is 22.7 Å². The number of nitrogens with one attached hydrogen (secondary N) is 1. The highest BCUT2D eigenvalue weighted by atomic mass is 79.9. The zero-order chi connectivity index (χ0) is 14.5. The molecule has 0 amide bonds. The van der Waals surface area contributed by atoms with Crippen LogP contribution in [0.25, 0.3) is 0 Å². The van der Waals surface area contributed by atoms with Crippen molar-refractivity contribution in [2.45, 2.75) is 32.9 Å². The lowest BCUT2D eigenvalue weighted by Gasteiger charge is -2.14. The number of aryl methyl sites for hydroxylation is 1. The van der Waals surface area contributed by atoms with Gasteiger partial charge in [-0.05, 0) is 35.5 Å². The molecular formula is C14H20BrN3S2. The van der Waals surface area contributed by atoms with Gasteiger partial charge in [0, 0.05) is 33.2 Å². The molecule has 2 aromatic rings. The average Bonchev–Trinajstić information content (AvgIpc) is 2.98. The van der Waals surface area contributed by atoms with Crippen molar-refractivity contribution >= 4 is 43.7 Å². The van der Waals surface area contributed by atoms with Crippen LogP contribution in [0.15, 0.2) is 15.9 Å². The largest absolute Gasteiger partial charge is 0.346 e. The number of thiophene rings is 1. The third kappa shape index (κ3) is 4.04. The molecule has 2 heterocycles. The maximum absolute atomic E-state index is 4.82. The van der Waals surface area contributed by atoms with E-state index in [4.69, 9.17) is 4.98 Å². The Bertz CT molecular complexity index is 527. The molecule has 0 bridgehead atoms. The second kappa shape index (κ2) is 7.54. The molecule has 110 valence electrons. The molecule has 0 aliphatic carbocycles. The monoisotopic (exact) mass is 373 g/mol. The van der Waals surface area contributed by atoms with Crippen LogP contribution in [0, 0.1) is 0 Å². The quantitative estimate of drug-likeness (QED) is 0.784. The van der Waals surface area contributed by atoms with E-state index in [1.54, 1.807) is 22.7 Å². The molecule has 0 aliphatic heterocycles. The van der Waals surface area contributed by atoms with Crippen LogP contribution in [0.1, 0.15) is 28.8 Å². The number of halogens is 1. The Balaban J connectivity index is 2.12. The van der Waals surface area contributed by atoms with Gasteiger partial charge in [-0.25, -0.2) is 4.98 Å². The summed E-state index contributed by atoms with van der Waals surface area (Å²) in [5, 5.41) is 6.47. The molecule has 2 aromatic heterocycles. The smallest absolute Gasteiger partial charge is 0.185 e. The average molecular weight is 374 g/mol. The van der Waals surface area contributed by atoms with E-state index >= 15 is 0 Å². The molecule has 0 saturated heterocycles. The molecule has 6 heteroatoms. The minimum Gasteiger partial charge on any atom is -0.346 e. The molecule has 0 radical (unpaired) electrons. The summed E-state index contributed by atoms with van der Waals surface area (Å²) < 4.78 is 1.16. The zero-order valence-corrected chi connectivity index (χ0v) is 15.3. The normalized spacial score (nSPS) is 11.0. The highest BCUT2D eigenvalue weighted by Gasteiger charge is 2.13. The highest BCUT2D eigenvalue weighted by Crippen LogP contribution is 2.29. The Morgan fingerprint density at radius 2 is 2.25 bits per heavy atom. The van der Waals surface area contributed by atoms with Crippen LogP contribution in [-0.2, 0) is 19.5 Å². The van der Waals surface area contributed by atoms with Gasteiger partial charge in [0.15, 0.2) is 5.13 Å². The van der Waals surface area contributed by atoms with Gasteiger partial charge in [-0.3, -0.25) is 0 Å². The van der Waals surface area contributed by atoms with Crippen LogP contribution in [0.2, 0.25) is 0 Å². The van der Waals surface area contributed by atoms with Crippen LogP contribution in [0.3, 0.4) is 0 Å². The number of thiazole rings is 1. The maximum atomic E-state index is 4.82. The number of anilines is 1. The molecule has 0 atom stereocenters. The van der Waals surface area contributed by atoms with Crippen LogP contribution in [0.5, 0.6) is 0 Å². The van der Waals surface area contributed by atoms with Crippen molar-refractivity contribution in [2.24, 2.45) is 0 Å². The zero-order valence-electron chi connectivity index (χ0n) is 12.1. The molecule has 0 spiro atoms. The van der Waals surface area contributed by atoms with Crippen molar-refractivity contribution in [1.29, 1.82) is 0 Å². The van der Waals surface area contributed by atoms with Gasteiger partial charge in [0.1, 0.15) is 0 Å². The Morgan fingerprint density at radius 1 is 1.45 bits per heavy atom. The molecule has 0 fully saturated rings. The molecule has 2 rings (SSSR count). The third-order valence-corrected chi connectivity index (χ3v) is 5.83. The number of aromatic nitrogens is 1. The van der Waals surface area contributed by atoms with E-state index in [0.29, 0.717) is 0 Å². The van der Waals surface area contributed by atoms with Crippen molar-refractivity contribution in [1.82, 2.24) is 10.3 Å². The van der Waals surface area contributed by atoms with E-state index < -0.39 is 0 Å². The van der Waals surface area contributed by atoms with Gasteiger partial charge in [-0.1, -0.05) is 13.3 Å². The van der Waals surface area contributed by atoms with Gasteiger partial charge in [0.2, 0.25) is 0 Å². The van der Waals surface area contributed by atoms with Gasteiger partial charge in [-0.2, -0.15) is 0 Å². The number of hydrogen-bond donors (Lipinski definition) is 1. The summed E-state index contributed by atoms with van der Waals surface area (Å²) in [6.07, 6.45) is 2.20. The second-order valence-electron chi connectivity index (χ2n) is 4.73. The van der Waals surface area contributed by atoms with E-state index in [9.17, 15) is 0 Å². The number of hydrogen-bond acceptors (Lipinski definition) is 5. The summed E-state index contributed by atoms with van der Waals surface area (Å²) in [5.41, 5.74) is 1.25. The molecule has 1 N–H and O–H groups in total. The van der Waals surface area contributed by atoms with Gasteiger partial charge >= 0.3 is 0 Å². The van der Waals surface area contributed by atoms with Gasteiger partial charge in [0.25, 0.3) is 0 Å². The first-order chi connectivity index (χ1) is 9.63. The van der Waals surface area contributed by atoms with Crippen LogP contribution in [-0.4, -0.2) is 19.1 Å². The molecule has 3 nitrogen and oxygen atoms in total. The predicted molar refractivity (Wildman–Crippen MR) is 93.0 cm³/mol. The fraction of sp³-hybridized carbons (Fsp3) is 0.500. The molecule has 20 heavy (non-hydrogen) atoms. The summed E-state index contributed by atoms with van der Waals surface area (Å²) >= 11 is 7.09. The summed E-state index contributed by atoms with van der Waals surface area (Å²) in [7, 11) is 4.10. The number of rotatable bonds is 7. The second-order valence-corrected chi connectivity index (χ2v) is 7.71. The predicted octanol–water partition coefficient (Wildman–Crippen LogP) is 4.28. The lowest BCUT2D eigenvalue weighted by atomic mass is 10.2. The summed E-state index contributed by atoms with van der Waals surface area (Å²) in [6.45, 7) is 4.02. The summed E-state index contributed by atoms with van der Waals surface area (Å²) in [4.78, 5) is 9.77. The van der Waals surface area contributed by atoms with Crippen molar-refractivity contribution in [3.05, 3.63) is 31.4 Å². The first-order valence-corrected chi connectivity index (χ1v) is 9.20. The van der Waals surface area contributed by atoms with Crippen molar-refractivity contribution < 1.29 is 0 Å². The highest BCUT2D eigenvalue weighted by molar-refractivity contribution is 9.10. The molecule has 0 aliphatic rings. The first-order valence-electron chi connectivity index (χ1n) is 6.71. The van der Waals surface area contributed by atoms with E-state index in [1.807, 2.05) is 7.05 Å². The van der Waals surface area contributed by atoms with E-state index in [2.05, 4.69) is 51.6 Å². The third-order valence-electron chi connectivity index (χ3n) is 2.93. The summed E-state index contributed by atoms with van der Waals surface area (Å²) in [6, 6.07) is 2.18. The first kappa shape index (κ1) is 15.9. The topological polar surface area (TPSA) is 28.2 Å². The van der Waals surface area contributed by atoms with E-state index in [-0.39, 0.29) is 0 Å². The molecule has 0 saturated carbocycles. The molecular weight excluding hydrogens is 354 g/mol. The van der Waals surface area contributed by atoms with Crippen molar-refractivity contribution in [3.63, 3.8) is 0 Å². The Labute approximate surface area is 137 Å². The van der Waals surface area contributed by atoms with Gasteiger partial charge < -0.3 is 10.2 Å². The Kier molecular flexibility index (Phi) is 6.01. The standard InChI is InChI=1S/C14H20BrN3S2/c1-4-5-12-13(7-16-2)20-14(17-12)18(3)8-11-6-10(15)9-19-11/h6,9,16H,4-5,7-8H2,1-3H3. The van der Waals surface area contributed by atoms with E-state index in [0.717, 1.165) is 35.5 Å². The lowest BCUT2D eigenvalue weighted by Crippen LogP contribution is -2.15. The Hall–Kier alpha value is -0.430. The maximum Gasteiger partial charge on any atom is 0.185 e. The summed E-state index contributed by atoms with van der Waals surface area (Å²) in [5.74, 6) is 0. The Morgan fingerprint density at radius 3 is 2.85 bits per heavy atom.